The van der Waals surface area contributed by atoms with Gasteiger partial charge in [0.2, 0.25) is 6.79 Å². The second-order valence-electron chi connectivity index (χ2n) is 5.71. The van der Waals surface area contributed by atoms with Crippen molar-refractivity contribution in [3.05, 3.63) is 71.1 Å². The van der Waals surface area contributed by atoms with Crippen molar-refractivity contribution in [2.75, 3.05) is 17.4 Å². The number of hydrogen-bond acceptors (Lipinski definition) is 5. The van der Waals surface area contributed by atoms with Crippen molar-refractivity contribution in [2.45, 2.75) is 0 Å². The minimum atomic E-state index is -0.547. The minimum Gasteiger partial charge on any atom is -0.454 e. The lowest BCUT2D eigenvalue weighted by atomic mass is 10.2. The molecule has 0 radical (unpaired) electrons. The van der Waals surface area contributed by atoms with E-state index in [4.69, 9.17) is 21.1 Å². The first-order valence-corrected chi connectivity index (χ1v) is 8.35. The van der Waals surface area contributed by atoms with Gasteiger partial charge in [0.25, 0.3) is 5.91 Å². The van der Waals surface area contributed by atoms with E-state index in [2.05, 4.69) is 15.6 Å². The zero-order valence-corrected chi connectivity index (χ0v) is 14.6. The summed E-state index contributed by atoms with van der Waals surface area (Å²) in [6, 6.07) is 12.6. The summed E-state index contributed by atoms with van der Waals surface area (Å²) < 4.78 is 23.8. The fourth-order valence-corrected chi connectivity index (χ4v) is 2.72. The molecule has 2 aromatic carbocycles. The van der Waals surface area contributed by atoms with Gasteiger partial charge in [-0.25, -0.2) is 9.37 Å². The second kappa shape index (κ2) is 7.13. The molecule has 1 aliphatic rings. The minimum absolute atomic E-state index is 0.0623. The molecule has 27 heavy (non-hydrogen) atoms. The van der Waals surface area contributed by atoms with Gasteiger partial charge >= 0.3 is 0 Å². The third-order valence-corrected chi connectivity index (χ3v) is 4.13. The molecular weight excluding hydrogens is 373 g/mol. The highest BCUT2D eigenvalue weighted by molar-refractivity contribution is 6.31. The first-order valence-electron chi connectivity index (χ1n) is 7.97. The normalized spacial score (nSPS) is 11.9. The molecule has 0 aliphatic carbocycles. The summed E-state index contributed by atoms with van der Waals surface area (Å²) in [5, 5.41) is 5.72. The summed E-state index contributed by atoms with van der Waals surface area (Å²) in [6.07, 6.45) is 1.52. The number of carbonyl (C=O) groups excluding carboxylic acids is 1. The zero-order valence-electron chi connectivity index (χ0n) is 13.8. The Bertz CT molecular complexity index is 1030. The van der Waals surface area contributed by atoms with Gasteiger partial charge in [-0.3, -0.25) is 4.79 Å². The maximum Gasteiger partial charge on any atom is 0.255 e. The molecule has 1 amide bonds. The standard InChI is InChI=1S/C19H13ClFN3O3/c20-14-8-12(1-3-15(14)21)24-19(25)11-5-6-22-18(7-11)23-13-2-4-16-17(9-13)27-10-26-16/h1-9H,10H2,(H,22,23)(H,24,25). The zero-order chi connectivity index (χ0) is 18.8. The second-order valence-corrected chi connectivity index (χ2v) is 6.11. The number of fused-ring (bicyclic) bond motifs is 1. The van der Waals surface area contributed by atoms with Crippen LogP contribution >= 0.6 is 11.6 Å². The molecule has 6 nitrogen and oxygen atoms in total. The van der Waals surface area contributed by atoms with Gasteiger partial charge in [0.1, 0.15) is 11.6 Å². The van der Waals surface area contributed by atoms with Crippen molar-refractivity contribution in [1.29, 1.82) is 0 Å². The Morgan fingerprint density at radius 3 is 2.70 bits per heavy atom. The number of carbonyl (C=O) groups is 1. The lowest BCUT2D eigenvalue weighted by Crippen LogP contribution is -2.12. The van der Waals surface area contributed by atoms with Crippen LogP contribution in [-0.2, 0) is 0 Å². The highest BCUT2D eigenvalue weighted by Gasteiger charge is 2.14. The molecule has 0 saturated heterocycles. The molecule has 0 spiro atoms. The van der Waals surface area contributed by atoms with Crippen LogP contribution in [0.5, 0.6) is 11.5 Å². The highest BCUT2D eigenvalue weighted by Crippen LogP contribution is 2.35. The number of aromatic nitrogens is 1. The van der Waals surface area contributed by atoms with Gasteiger partial charge in [-0.2, -0.15) is 0 Å². The number of hydrogen-bond donors (Lipinski definition) is 2. The van der Waals surface area contributed by atoms with E-state index in [1.54, 1.807) is 24.3 Å². The number of pyridine rings is 1. The molecule has 3 aromatic rings. The van der Waals surface area contributed by atoms with Gasteiger partial charge in [0, 0.05) is 29.2 Å². The number of benzene rings is 2. The molecule has 8 heteroatoms. The third kappa shape index (κ3) is 3.78. The number of ether oxygens (including phenoxy) is 2. The molecule has 0 atom stereocenters. The maximum atomic E-state index is 13.2. The van der Waals surface area contributed by atoms with E-state index in [0.717, 1.165) is 5.69 Å². The van der Waals surface area contributed by atoms with E-state index >= 15 is 0 Å². The van der Waals surface area contributed by atoms with Crippen LogP contribution in [0.15, 0.2) is 54.7 Å². The molecule has 0 saturated carbocycles. The van der Waals surface area contributed by atoms with Crippen molar-refractivity contribution in [2.24, 2.45) is 0 Å². The van der Waals surface area contributed by atoms with E-state index in [1.807, 2.05) is 6.07 Å². The summed E-state index contributed by atoms with van der Waals surface area (Å²) >= 11 is 5.73. The van der Waals surface area contributed by atoms with Crippen LogP contribution in [-0.4, -0.2) is 17.7 Å². The highest BCUT2D eigenvalue weighted by atomic mass is 35.5. The quantitative estimate of drug-likeness (QED) is 0.686. The fraction of sp³-hybridized carbons (Fsp3) is 0.0526. The molecule has 0 bridgehead atoms. The van der Waals surface area contributed by atoms with E-state index in [9.17, 15) is 9.18 Å². The Morgan fingerprint density at radius 2 is 1.85 bits per heavy atom. The molecule has 0 fully saturated rings. The average Bonchev–Trinajstić information content (AvgIpc) is 3.13. The number of nitrogens with one attached hydrogen (secondary N) is 2. The number of rotatable bonds is 4. The Morgan fingerprint density at radius 1 is 1.04 bits per heavy atom. The molecule has 1 aliphatic heterocycles. The molecule has 1 aromatic heterocycles. The fourth-order valence-electron chi connectivity index (χ4n) is 2.54. The Labute approximate surface area is 158 Å². The topological polar surface area (TPSA) is 72.5 Å². The van der Waals surface area contributed by atoms with Crippen molar-refractivity contribution in [3.8, 4) is 11.5 Å². The molecule has 0 unspecified atom stereocenters. The average molecular weight is 386 g/mol. The van der Waals surface area contributed by atoms with Crippen LogP contribution in [0, 0.1) is 5.82 Å². The van der Waals surface area contributed by atoms with E-state index in [1.165, 1.54) is 24.4 Å². The van der Waals surface area contributed by atoms with Crippen LogP contribution < -0.4 is 20.1 Å². The smallest absolute Gasteiger partial charge is 0.255 e. The first kappa shape index (κ1) is 17.1. The lowest BCUT2D eigenvalue weighted by molar-refractivity contribution is 0.102. The molecule has 136 valence electrons. The SMILES string of the molecule is O=C(Nc1ccc(F)c(Cl)c1)c1ccnc(Nc2ccc3c(c2)OCO3)c1. The number of anilines is 3. The number of amides is 1. The van der Waals surface area contributed by atoms with Crippen molar-refractivity contribution in [3.63, 3.8) is 0 Å². The molecular formula is C19H13ClFN3O3. The van der Waals surface area contributed by atoms with E-state index in [0.29, 0.717) is 28.6 Å². The largest absolute Gasteiger partial charge is 0.454 e. The third-order valence-electron chi connectivity index (χ3n) is 3.84. The molecule has 4 rings (SSSR count). The maximum absolute atomic E-state index is 13.2. The Balaban J connectivity index is 1.49. The summed E-state index contributed by atoms with van der Waals surface area (Å²) in [4.78, 5) is 16.6. The lowest BCUT2D eigenvalue weighted by Gasteiger charge is -2.09. The summed E-state index contributed by atoms with van der Waals surface area (Å²) in [6.45, 7) is 0.195. The number of nitrogens with zero attached hydrogens (tertiary/aromatic N) is 1. The molecule has 2 N–H and O–H groups in total. The predicted molar refractivity (Wildman–Crippen MR) is 99.4 cm³/mol. The summed E-state index contributed by atoms with van der Waals surface area (Å²) in [7, 11) is 0. The Kier molecular flexibility index (Phi) is 4.52. The van der Waals surface area contributed by atoms with E-state index < -0.39 is 5.82 Å². The summed E-state index contributed by atoms with van der Waals surface area (Å²) in [5.41, 5.74) is 1.52. The molecule has 2 heterocycles. The van der Waals surface area contributed by atoms with Crippen LogP contribution in [0.1, 0.15) is 10.4 Å². The van der Waals surface area contributed by atoms with Crippen molar-refractivity contribution in [1.82, 2.24) is 4.98 Å². The van der Waals surface area contributed by atoms with Crippen LogP contribution in [0.2, 0.25) is 5.02 Å². The van der Waals surface area contributed by atoms with Crippen LogP contribution in [0.3, 0.4) is 0 Å². The summed E-state index contributed by atoms with van der Waals surface area (Å²) in [5.74, 6) is 0.892. The van der Waals surface area contributed by atoms with E-state index in [-0.39, 0.29) is 17.7 Å². The van der Waals surface area contributed by atoms with Crippen LogP contribution in [0.25, 0.3) is 0 Å². The van der Waals surface area contributed by atoms with Gasteiger partial charge in [-0.05, 0) is 42.5 Å². The van der Waals surface area contributed by atoms with Gasteiger partial charge in [0.15, 0.2) is 11.5 Å². The van der Waals surface area contributed by atoms with Crippen molar-refractivity contribution >= 4 is 34.7 Å². The van der Waals surface area contributed by atoms with Crippen LogP contribution in [0.4, 0.5) is 21.6 Å². The van der Waals surface area contributed by atoms with Gasteiger partial charge in [0.05, 0.1) is 5.02 Å². The van der Waals surface area contributed by atoms with Crippen molar-refractivity contribution < 1.29 is 18.7 Å². The predicted octanol–water partition coefficient (Wildman–Crippen LogP) is 4.60. The van der Waals surface area contributed by atoms with Gasteiger partial charge in [-0.15, -0.1) is 0 Å². The monoisotopic (exact) mass is 385 g/mol. The Hall–Kier alpha value is -3.32. The number of halogens is 2. The van der Waals surface area contributed by atoms with Gasteiger partial charge in [-0.1, -0.05) is 11.6 Å². The first-order chi connectivity index (χ1) is 13.1. The van der Waals surface area contributed by atoms with Gasteiger partial charge < -0.3 is 20.1 Å².